The first kappa shape index (κ1) is 15.3. The molecule has 2 amide bonds. The summed E-state index contributed by atoms with van der Waals surface area (Å²) in [5.41, 5.74) is -1.87. The van der Waals surface area contributed by atoms with Crippen molar-refractivity contribution in [2.75, 3.05) is 20.2 Å². The fraction of sp³-hybridized carbons (Fsp3) is 0.750. The summed E-state index contributed by atoms with van der Waals surface area (Å²) in [4.78, 5) is 36.1. The quantitative estimate of drug-likeness (QED) is 0.730. The van der Waals surface area contributed by atoms with E-state index in [4.69, 9.17) is 4.74 Å². The van der Waals surface area contributed by atoms with E-state index in [1.165, 1.54) is 18.9 Å². The summed E-state index contributed by atoms with van der Waals surface area (Å²) in [7, 11) is 1.23. The van der Waals surface area contributed by atoms with E-state index in [2.05, 4.69) is 10.1 Å². The van der Waals surface area contributed by atoms with Crippen LogP contribution in [-0.2, 0) is 19.1 Å². The van der Waals surface area contributed by atoms with Crippen LogP contribution in [0.2, 0.25) is 0 Å². The summed E-state index contributed by atoms with van der Waals surface area (Å²) in [6.45, 7) is 6.75. The minimum absolute atomic E-state index is 0.0915. The molecule has 0 aromatic heterocycles. The fourth-order valence-electron chi connectivity index (χ4n) is 1.78. The first-order chi connectivity index (χ1) is 8.59. The van der Waals surface area contributed by atoms with Crippen molar-refractivity contribution in [3.8, 4) is 0 Å². The van der Waals surface area contributed by atoms with Gasteiger partial charge in [-0.25, -0.2) is 9.59 Å². The largest absolute Gasteiger partial charge is 0.467 e. The number of esters is 1. The van der Waals surface area contributed by atoms with Gasteiger partial charge in [-0.3, -0.25) is 4.79 Å². The monoisotopic (exact) mass is 272 g/mol. The van der Waals surface area contributed by atoms with E-state index >= 15 is 0 Å². The summed E-state index contributed by atoms with van der Waals surface area (Å²) in [5.74, 6) is -0.749. The molecule has 0 unspecified atom stereocenters. The van der Waals surface area contributed by atoms with Crippen molar-refractivity contribution >= 4 is 18.0 Å². The van der Waals surface area contributed by atoms with Crippen molar-refractivity contribution in [1.29, 1.82) is 0 Å². The first-order valence-electron chi connectivity index (χ1n) is 5.95. The fourth-order valence-corrected chi connectivity index (χ4v) is 1.78. The van der Waals surface area contributed by atoms with Gasteiger partial charge < -0.3 is 19.7 Å². The lowest BCUT2D eigenvalue weighted by Crippen LogP contribution is -2.75. The van der Waals surface area contributed by atoms with Crippen LogP contribution in [0.3, 0.4) is 0 Å². The molecule has 0 aromatic rings. The lowest BCUT2D eigenvalue weighted by Gasteiger charge is -2.47. The van der Waals surface area contributed by atoms with Gasteiger partial charge in [0, 0.05) is 6.92 Å². The van der Waals surface area contributed by atoms with E-state index in [1.54, 1.807) is 20.8 Å². The van der Waals surface area contributed by atoms with Crippen molar-refractivity contribution < 1.29 is 23.9 Å². The van der Waals surface area contributed by atoms with Crippen LogP contribution in [0.25, 0.3) is 0 Å². The van der Waals surface area contributed by atoms with Gasteiger partial charge in [0.25, 0.3) is 0 Å². The van der Waals surface area contributed by atoms with E-state index in [-0.39, 0.29) is 19.0 Å². The zero-order valence-corrected chi connectivity index (χ0v) is 11.9. The molecule has 19 heavy (non-hydrogen) atoms. The summed E-state index contributed by atoms with van der Waals surface area (Å²) >= 11 is 0. The zero-order chi connectivity index (χ0) is 14.8. The number of nitrogens with one attached hydrogen (secondary N) is 1. The second-order valence-corrected chi connectivity index (χ2v) is 5.58. The molecule has 0 radical (unpaired) electrons. The normalized spacial score (nSPS) is 17.2. The number of carbonyl (C=O) groups is 3. The van der Waals surface area contributed by atoms with Gasteiger partial charge in [-0.1, -0.05) is 0 Å². The van der Waals surface area contributed by atoms with Crippen LogP contribution < -0.4 is 5.32 Å². The molecule has 108 valence electrons. The number of nitrogens with zero attached hydrogens (tertiary/aromatic N) is 1. The van der Waals surface area contributed by atoms with Crippen LogP contribution in [-0.4, -0.2) is 54.2 Å². The van der Waals surface area contributed by atoms with Crippen LogP contribution >= 0.6 is 0 Å². The summed E-state index contributed by atoms with van der Waals surface area (Å²) in [5, 5.41) is 2.49. The molecule has 0 spiro atoms. The maximum absolute atomic E-state index is 11.8. The molecule has 0 aromatic carbocycles. The van der Waals surface area contributed by atoms with Crippen molar-refractivity contribution in [3.05, 3.63) is 0 Å². The highest BCUT2D eigenvalue weighted by atomic mass is 16.6. The summed E-state index contributed by atoms with van der Waals surface area (Å²) in [6, 6.07) is 0. The Bertz CT molecular complexity index is 393. The number of hydrogen-bond acceptors (Lipinski definition) is 5. The predicted octanol–water partition coefficient (Wildman–Crippen LogP) is 0.285. The Balaban J connectivity index is 2.71. The standard InChI is InChI=1S/C12H20N2O5/c1-8(15)14-6-12(7-14,9(16)18-5)13-10(17)19-11(2,3)4/h6-7H2,1-5H3,(H,13,17). The highest BCUT2D eigenvalue weighted by Gasteiger charge is 2.53. The smallest absolute Gasteiger partial charge is 0.408 e. The third-order valence-corrected chi connectivity index (χ3v) is 2.68. The van der Waals surface area contributed by atoms with Gasteiger partial charge >= 0.3 is 12.1 Å². The molecule has 1 rings (SSSR count). The van der Waals surface area contributed by atoms with E-state index in [0.717, 1.165) is 0 Å². The Morgan fingerprint density at radius 3 is 2.11 bits per heavy atom. The minimum Gasteiger partial charge on any atom is -0.467 e. The van der Waals surface area contributed by atoms with Gasteiger partial charge in [0.15, 0.2) is 5.54 Å². The van der Waals surface area contributed by atoms with Crippen LogP contribution in [0, 0.1) is 0 Å². The van der Waals surface area contributed by atoms with Crippen molar-refractivity contribution in [2.24, 2.45) is 0 Å². The predicted molar refractivity (Wildman–Crippen MR) is 66.4 cm³/mol. The van der Waals surface area contributed by atoms with E-state index < -0.39 is 23.2 Å². The van der Waals surface area contributed by atoms with E-state index in [1.807, 2.05) is 0 Å². The van der Waals surface area contributed by atoms with Crippen LogP contribution in [0.15, 0.2) is 0 Å². The molecule has 1 fully saturated rings. The number of carbonyl (C=O) groups excluding carboxylic acids is 3. The van der Waals surface area contributed by atoms with Gasteiger partial charge in [-0.15, -0.1) is 0 Å². The SMILES string of the molecule is COC(=O)C1(NC(=O)OC(C)(C)C)CN(C(C)=O)C1. The number of amides is 2. The molecule has 1 N–H and O–H groups in total. The third kappa shape index (κ3) is 3.59. The Morgan fingerprint density at radius 2 is 1.74 bits per heavy atom. The number of methoxy groups -OCH3 is 1. The zero-order valence-electron chi connectivity index (χ0n) is 11.9. The molecule has 1 aliphatic rings. The van der Waals surface area contributed by atoms with Gasteiger partial charge in [-0.2, -0.15) is 0 Å². The lowest BCUT2D eigenvalue weighted by molar-refractivity contribution is -0.160. The Kier molecular flexibility index (Phi) is 4.07. The molecule has 0 aliphatic carbocycles. The van der Waals surface area contributed by atoms with Crippen molar-refractivity contribution in [3.63, 3.8) is 0 Å². The molecule has 1 heterocycles. The highest BCUT2D eigenvalue weighted by molar-refractivity contribution is 5.90. The average molecular weight is 272 g/mol. The Hall–Kier alpha value is -1.79. The Morgan fingerprint density at radius 1 is 1.21 bits per heavy atom. The number of hydrogen-bond donors (Lipinski definition) is 1. The highest BCUT2D eigenvalue weighted by Crippen LogP contribution is 2.23. The molecule has 0 bridgehead atoms. The van der Waals surface area contributed by atoms with Crippen molar-refractivity contribution in [2.45, 2.75) is 38.8 Å². The molecule has 7 heteroatoms. The topological polar surface area (TPSA) is 84.9 Å². The van der Waals surface area contributed by atoms with Gasteiger partial charge in [0.1, 0.15) is 5.60 Å². The number of alkyl carbamates (subject to hydrolysis) is 1. The summed E-state index contributed by atoms with van der Waals surface area (Å²) < 4.78 is 9.77. The second-order valence-electron chi connectivity index (χ2n) is 5.58. The molecule has 1 saturated heterocycles. The lowest BCUT2D eigenvalue weighted by atomic mass is 9.90. The van der Waals surface area contributed by atoms with Gasteiger partial charge in [0.05, 0.1) is 20.2 Å². The van der Waals surface area contributed by atoms with Gasteiger partial charge in [0.2, 0.25) is 5.91 Å². The maximum atomic E-state index is 11.8. The average Bonchev–Trinajstić information content (AvgIpc) is 2.18. The second kappa shape index (κ2) is 5.07. The van der Waals surface area contributed by atoms with Crippen LogP contribution in [0.5, 0.6) is 0 Å². The molecule has 1 aliphatic heterocycles. The number of ether oxygens (including phenoxy) is 2. The van der Waals surface area contributed by atoms with Crippen molar-refractivity contribution in [1.82, 2.24) is 10.2 Å². The maximum Gasteiger partial charge on any atom is 0.408 e. The van der Waals surface area contributed by atoms with E-state index in [9.17, 15) is 14.4 Å². The Labute approximate surface area is 112 Å². The van der Waals surface area contributed by atoms with Crippen LogP contribution in [0.1, 0.15) is 27.7 Å². The molecular formula is C12H20N2O5. The summed E-state index contributed by atoms with van der Waals surface area (Å²) in [6.07, 6.45) is -0.707. The molecule has 0 saturated carbocycles. The van der Waals surface area contributed by atoms with Crippen LogP contribution in [0.4, 0.5) is 4.79 Å². The molecule has 0 atom stereocenters. The first-order valence-corrected chi connectivity index (χ1v) is 5.95. The van der Waals surface area contributed by atoms with Gasteiger partial charge in [-0.05, 0) is 20.8 Å². The molecule has 7 nitrogen and oxygen atoms in total. The number of rotatable bonds is 2. The minimum atomic E-state index is -1.21. The number of likely N-dealkylation sites (tertiary alicyclic amines) is 1. The third-order valence-electron chi connectivity index (χ3n) is 2.68. The molecular weight excluding hydrogens is 252 g/mol. The van der Waals surface area contributed by atoms with E-state index in [0.29, 0.717) is 0 Å².